The van der Waals surface area contributed by atoms with Crippen molar-refractivity contribution in [3.05, 3.63) is 97.2 Å². The van der Waals surface area contributed by atoms with E-state index >= 15 is 0 Å². The largest absolute Gasteiger partial charge is 0.331 e. The lowest BCUT2D eigenvalue weighted by atomic mass is 10.1. The molecule has 0 radical (unpaired) electrons. The van der Waals surface area contributed by atoms with Gasteiger partial charge in [0.1, 0.15) is 6.54 Å². The second kappa shape index (κ2) is 8.18. The Labute approximate surface area is 164 Å². The normalized spacial score (nSPS) is 10.6. The topological polar surface area (TPSA) is 73.1 Å². The van der Waals surface area contributed by atoms with E-state index in [-0.39, 0.29) is 19.0 Å². The molecule has 3 rings (SSSR count). The Balaban J connectivity index is 1.84. The monoisotopic (exact) mass is 427 g/mol. The Morgan fingerprint density at radius 3 is 2.52 bits per heavy atom. The number of carbonyl (C=O) groups is 1. The minimum Gasteiger partial charge on any atom is -0.325 e. The number of halogens is 1. The molecule has 0 aliphatic heterocycles. The zero-order chi connectivity index (χ0) is 19.4. The van der Waals surface area contributed by atoms with E-state index in [9.17, 15) is 14.4 Å². The number of nitrogens with one attached hydrogen (secondary N) is 1. The van der Waals surface area contributed by atoms with E-state index in [1.807, 2.05) is 43.3 Å². The molecule has 1 amide bonds. The summed E-state index contributed by atoms with van der Waals surface area (Å²) in [6, 6.07) is 16.0. The first-order chi connectivity index (χ1) is 12.9. The molecule has 6 nitrogen and oxygen atoms in total. The number of aryl methyl sites for hydroxylation is 1. The van der Waals surface area contributed by atoms with Crippen LogP contribution < -0.4 is 16.6 Å². The summed E-state index contributed by atoms with van der Waals surface area (Å²) in [6.45, 7) is 1.90. The lowest BCUT2D eigenvalue weighted by Crippen LogP contribution is -2.40. The SMILES string of the molecule is Cc1cc(Br)cc(Cn2c(=O)ccn(CC(=O)Nc3ccccc3)c2=O)c1. The maximum absolute atomic E-state index is 12.7. The summed E-state index contributed by atoms with van der Waals surface area (Å²) in [7, 11) is 0. The molecule has 1 heterocycles. The Morgan fingerprint density at radius 2 is 1.81 bits per heavy atom. The van der Waals surface area contributed by atoms with E-state index in [4.69, 9.17) is 0 Å². The molecule has 0 bridgehead atoms. The third-order valence-corrected chi connectivity index (χ3v) is 4.41. The van der Waals surface area contributed by atoms with Crippen LogP contribution in [0.2, 0.25) is 0 Å². The summed E-state index contributed by atoms with van der Waals surface area (Å²) in [5.74, 6) is -0.341. The van der Waals surface area contributed by atoms with Crippen LogP contribution in [0.5, 0.6) is 0 Å². The number of anilines is 1. The predicted molar refractivity (Wildman–Crippen MR) is 108 cm³/mol. The van der Waals surface area contributed by atoms with Gasteiger partial charge in [0.25, 0.3) is 5.56 Å². The van der Waals surface area contributed by atoms with Gasteiger partial charge in [0.2, 0.25) is 5.91 Å². The van der Waals surface area contributed by atoms with Gasteiger partial charge < -0.3 is 5.32 Å². The number of hydrogen-bond donors (Lipinski definition) is 1. The first kappa shape index (κ1) is 18.8. The maximum Gasteiger partial charge on any atom is 0.331 e. The molecule has 0 spiro atoms. The van der Waals surface area contributed by atoms with Crippen molar-refractivity contribution in [1.82, 2.24) is 9.13 Å². The van der Waals surface area contributed by atoms with Crippen molar-refractivity contribution >= 4 is 27.5 Å². The van der Waals surface area contributed by atoms with Gasteiger partial charge in [-0.15, -0.1) is 0 Å². The lowest BCUT2D eigenvalue weighted by molar-refractivity contribution is -0.116. The fraction of sp³-hybridized carbons (Fsp3) is 0.150. The van der Waals surface area contributed by atoms with Crippen molar-refractivity contribution in [2.45, 2.75) is 20.0 Å². The average molecular weight is 428 g/mol. The standard InChI is InChI=1S/C20H18BrN3O3/c1-14-9-15(11-16(21)10-14)12-24-19(26)7-8-23(20(24)27)13-18(25)22-17-5-3-2-4-6-17/h2-11H,12-13H2,1H3,(H,22,25). The summed E-state index contributed by atoms with van der Waals surface area (Å²) >= 11 is 3.42. The van der Waals surface area contributed by atoms with Crippen molar-refractivity contribution in [2.24, 2.45) is 0 Å². The van der Waals surface area contributed by atoms with Gasteiger partial charge in [-0.05, 0) is 42.3 Å². The van der Waals surface area contributed by atoms with Crippen LogP contribution in [0.15, 0.2) is 74.9 Å². The van der Waals surface area contributed by atoms with Gasteiger partial charge >= 0.3 is 5.69 Å². The second-order valence-electron chi connectivity index (χ2n) is 6.20. The number of para-hydroxylation sites is 1. The molecule has 0 atom stereocenters. The van der Waals surface area contributed by atoms with Gasteiger partial charge in [-0.2, -0.15) is 0 Å². The maximum atomic E-state index is 12.7. The van der Waals surface area contributed by atoms with Crippen LogP contribution in [0.25, 0.3) is 0 Å². The molecule has 0 fully saturated rings. The van der Waals surface area contributed by atoms with Crippen molar-refractivity contribution < 1.29 is 4.79 Å². The van der Waals surface area contributed by atoms with Crippen LogP contribution in [0.1, 0.15) is 11.1 Å². The summed E-state index contributed by atoms with van der Waals surface area (Å²) in [4.78, 5) is 37.1. The zero-order valence-corrected chi connectivity index (χ0v) is 16.3. The van der Waals surface area contributed by atoms with Gasteiger partial charge in [0.05, 0.1) is 6.54 Å². The van der Waals surface area contributed by atoms with Crippen molar-refractivity contribution in [3.8, 4) is 0 Å². The molecule has 0 saturated heterocycles. The predicted octanol–water partition coefficient (Wildman–Crippen LogP) is 2.77. The van der Waals surface area contributed by atoms with Crippen LogP contribution in [-0.2, 0) is 17.9 Å². The highest BCUT2D eigenvalue weighted by molar-refractivity contribution is 9.10. The molecule has 0 aliphatic rings. The summed E-state index contributed by atoms with van der Waals surface area (Å²) in [6.07, 6.45) is 1.35. The molecule has 0 unspecified atom stereocenters. The fourth-order valence-corrected chi connectivity index (χ4v) is 3.44. The summed E-state index contributed by atoms with van der Waals surface area (Å²) < 4.78 is 3.23. The van der Waals surface area contributed by atoms with Crippen LogP contribution in [0.4, 0.5) is 5.69 Å². The zero-order valence-electron chi connectivity index (χ0n) is 14.7. The highest BCUT2D eigenvalue weighted by atomic mass is 79.9. The molecule has 1 aromatic heterocycles. The molecule has 3 aromatic rings. The summed E-state index contributed by atoms with van der Waals surface area (Å²) in [5.41, 5.74) is 1.56. The fourth-order valence-electron chi connectivity index (χ4n) is 2.79. The average Bonchev–Trinajstić information content (AvgIpc) is 2.61. The minimum atomic E-state index is -0.525. The smallest absolute Gasteiger partial charge is 0.325 e. The van der Waals surface area contributed by atoms with Gasteiger partial charge in [-0.25, -0.2) is 4.79 Å². The molecule has 0 aliphatic carbocycles. The number of benzene rings is 2. The third kappa shape index (κ3) is 4.83. The van der Waals surface area contributed by atoms with E-state index in [2.05, 4.69) is 21.2 Å². The number of carbonyl (C=O) groups excluding carboxylic acids is 1. The highest BCUT2D eigenvalue weighted by Gasteiger charge is 2.10. The van der Waals surface area contributed by atoms with Crippen LogP contribution in [-0.4, -0.2) is 15.0 Å². The van der Waals surface area contributed by atoms with Gasteiger partial charge in [-0.1, -0.05) is 40.2 Å². The number of hydrogen-bond acceptors (Lipinski definition) is 3. The Kier molecular flexibility index (Phi) is 5.71. The van der Waals surface area contributed by atoms with Crippen molar-refractivity contribution in [2.75, 3.05) is 5.32 Å². The Morgan fingerprint density at radius 1 is 1.07 bits per heavy atom. The highest BCUT2D eigenvalue weighted by Crippen LogP contribution is 2.15. The number of rotatable bonds is 5. The first-order valence-corrected chi connectivity index (χ1v) is 9.13. The molecule has 0 saturated carbocycles. The van der Waals surface area contributed by atoms with Crippen LogP contribution in [0, 0.1) is 6.92 Å². The van der Waals surface area contributed by atoms with E-state index in [0.29, 0.717) is 5.69 Å². The second-order valence-corrected chi connectivity index (χ2v) is 7.12. The number of aromatic nitrogens is 2. The van der Waals surface area contributed by atoms with E-state index < -0.39 is 11.2 Å². The van der Waals surface area contributed by atoms with E-state index in [0.717, 1.165) is 20.2 Å². The van der Waals surface area contributed by atoms with E-state index in [1.54, 1.807) is 12.1 Å². The number of amides is 1. The minimum absolute atomic E-state index is 0.138. The van der Waals surface area contributed by atoms with Crippen LogP contribution >= 0.6 is 15.9 Å². The Hall–Kier alpha value is -2.93. The molecular formula is C20H18BrN3O3. The van der Waals surface area contributed by atoms with Crippen LogP contribution in [0.3, 0.4) is 0 Å². The van der Waals surface area contributed by atoms with E-state index in [1.165, 1.54) is 16.8 Å². The summed E-state index contributed by atoms with van der Waals surface area (Å²) in [5, 5.41) is 2.72. The number of nitrogens with zero attached hydrogens (tertiary/aromatic N) is 2. The first-order valence-electron chi connectivity index (χ1n) is 8.33. The lowest BCUT2D eigenvalue weighted by Gasteiger charge is -2.11. The molecular weight excluding hydrogens is 410 g/mol. The molecule has 27 heavy (non-hydrogen) atoms. The molecule has 2 aromatic carbocycles. The van der Waals surface area contributed by atoms with Gasteiger partial charge in [0.15, 0.2) is 0 Å². The van der Waals surface area contributed by atoms with Crippen molar-refractivity contribution in [1.29, 1.82) is 0 Å². The third-order valence-electron chi connectivity index (χ3n) is 3.95. The molecule has 7 heteroatoms. The van der Waals surface area contributed by atoms with Gasteiger partial charge in [0, 0.05) is 22.4 Å². The molecule has 1 N–H and O–H groups in total. The quantitative estimate of drug-likeness (QED) is 0.680. The van der Waals surface area contributed by atoms with Crippen molar-refractivity contribution in [3.63, 3.8) is 0 Å². The Bertz CT molecular complexity index is 1070. The molecule has 138 valence electrons. The van der Waals surface area contributed by atoms with Gasteiger partial charge in [-0.3, -0.25) is 18.7 Å².